The van der Waals surface area contributed by atoms with Gasteiger partial charge >= 0.3 is 0 Å². The number of ether oxygens (including phenoxy) is 1. The lowest BCUT2D eigenvalue weighted by Gasteiger charge is -2.26. The van der Waals surface area contributed by atoms with E-state index in [2.05, 4.69) is 15.5 Å². The molecule has 1 atom stereocenters. The molecule has 9 heteroatoms. The van der Waals surface area contributed by atoms with E-state index in [1.165, 1.54) is 29.2 Å². The monoisotopic (exact) mass is 397 g/mol. The van der Waals surface area contributed by atoms with Gasteiger partial charge in [-0.05, 0) is 53.1 Å². The first-order valence-corrected chi connectivity index (χ1v) is 9.32. The van der Waals surface area contributed by atoms with Crippen LogP contribution < -0.4 is 0 Å². The number of hydrogen-bond donors (Lipinski definition) is 1. The first kappa shape index (κ1) is 19.0. The van der Waals surface area contributed by atoms with E-state index in [0.717, 1.165) is 18.4 Å². The van der Waals surface area contributed by atoms with E-state index in [9.17, 15) is 14.3 Å². The number of tetrazole rings is 1. The second-order valence-corrected chi connectivity index (χ2v) is 6.90. The van der Waals surface area contributed by atoms with E-state index >= 15 is 0 Å². The van der Waals surface area contributed by atoms with Crippen molar-refractivity contribution in [3.63, 3.8) is 0 Å². The SMILES string of the molecule is O=C(c1ccc(-n2cnnn2)cc1O)N(Cc1ccc(F)cc1)C[C@H]1CCCO1. The van der Waals surface area contributed by atoms with Crippen molar-refractivity contribution in [1.82, 2.24) is 25.1 Å². The van der Waals surface area contributed by atoms with Crippen LogP contribution in [0.5, 0.6) is 5.75 Å². The molecule has 0 spiro atoms. The van der Waals surface area contributed by atoms with Crippen molar-refractivity contribution in [2.24, 2.45) is 0 Å². The Bertz CT molecular complexity index is 972. The number of benzene rings is 2. The van der Waals surface area contributed by atoms with Gasteiger partial charge in [-0.3, -0.25) is 4.79 Å². The fourth-order valence-corrected chi connectivity index (χ4v) is 3.36. The number of carbonyl (C=O) groups is 1. The van der Waals surface area contributed by atoms with Crippen molar-refractivity contribution in [1.29, 1.82) is 0 Å². The van der Waals surface area contributed by atoms with Crippen LogP contribution in [0.25, 0.3) is 5.69 Å². The average molecular weight is 397 g/mol. The van der Waals surface area contributed by atoms with Crippen LogP contribution in [0.15, 0.2) is 48.8 Å². The third-order valence-electron chi connectivity index (χ3n) is 4.85. The van der Waals surface area contributed by atoms with E-state index < -0.39 is 0 Å². The zero-order valence-electron chi connectivity index (χ0n) is 15.6. The number of phenolic OH excluding ortho intramolecular Hbond substituents is 1. The van der Waals surface area contributed by atoms with Crippen LogP contribution >= 0.6 is 0 Å². The minimum absolute atomic E-state index is 0.0537. The Morgan fingerprint density at radius 2 is 2.10 bits per heavy atom. The minimum Gasteiger partial charge on any atom is -0.507 e. The number of halogens is 1. The fourth-order valence-electron chi connectivity index (χ4n) is 3.36. The molecule has 1 aromatic heterocycles. The number of aromatic hydroxyl groups is 1. The first-order valence-electron chi connectivity index (χ1n) is 9.32. The molecular formula is C20H20FN5O3. The molecule has 1 aliphatic rings. The molecule has 150 valence electrons. The summed E-state index contributed by atoms with van der Waals surface area (Å²) < 4.78 is 20.3. The summed E-state index contributed by atoms with van der Waals surface area (Å²) in [4.78, 5) is 14.8. The Morgan fingerprint density at radius 1 is 1.28 bits per heavy atom. The summed E-state index contributed by atoms with van der Waals surface area (Å²) in [6.45, 7) is 1.35. The number of nitrogens with zero attached hydrogens (tertiary/aromatic N) is 5. The molecule has 1 saturated heterocycles. The third-order valence-corrected chi connectivity index (χ3v) is 4.85. The zero-order valence-corrected chi connectivity index (χ0v) is 15.6. The van der Waals surface area contributed by atoms with E-state index in [-0.39, 0.29) is 35.7 Å². The zero-order chi connectivity index (χ0) is 20.2. The second kappa shape index (κ2) is 8.36. The number of hydrogen-bond acceptors (Lipinski definition) is 6. The van der Waals surface area contributed by atoms with Gasteiger partial charge in [0.25, 0.3) is 5.91 Å². The van der Waals surface area contributed by atoms with E-state index in [0.29, 0.717) is 18.8 Å². The highest BCUT2D eigenvalue weighted by molar-refractivity contribution is 5.97. The van der Waals surface area contributed by atoms with Crippen molar-refractivity contribution in [2.75, 3.05) is 13.2 Å². The second-order valence-electron chi connectivity index (χ2n) is 6.90. The molecule has 2 aromatic carbocycles. The molecule has 8 nitrogen and oxygen atoms in total. The molecule has 29 heavy (non-hydrogen) atoms. The summed E-state index contributed by atoms with van der Waals surface area (Å²) in [7, 11) is 0. The maximum atomic E-state index is 13.2. The van der Waals surface area contributed by atoms with Gasteiger partial charge < -0.3 is 14.7 Å². The van der Waals surface area contributed by atoms with Gasteiger partial charge in [0.2, 0.25) is 0 Å². The number of phenols is 1. The summed E-state index contributed by atoms with van der Waals surface area (Å²) in [6, 6.07) is 10.7. The van der Waals surface area contributed by atoms with Crippen LogP contribution in [0.2, 0.25) is 0 Å². The molecular weight excluding hydrogens is 377 g/mol. The van der Waals surface area contributed by atoms with Gasteiger partial charge in [-0.1, -0.05) is 12.1 Å². The molecule has 3 aromatic rings. The van der Waals surface area contributed by atoms with Gasteiger partial charge in [0, 0.05) is 25.8 Å². The van der Waals surface area contributed by atoms with Crippen molar-refractivity contribution in [3.05, 3.63) is 65.7 Å². The Balaban J connectivity index is 1.58. The summed E-state index contributed by atoms with van der Waals surface area (Å²) in [6.07, 6.45) is 3.17. The summed E-state index contributed by atoms with van der Waals surface area (Å²) in [5.41, 5.74) is 1.50. The molecule has 0 bridgehead atoms. The van der Waals surface area contributed by atoms with E-state index in [1.807, 2.05) is 0 Å². The van der Waals surface area contributed by atoms with E-state index in [1.54, 1.807) is 29.2 Å². The summed E-state index contributed by atoms with van der Waals surface area (Å²) in [5, 5.41) is 21.4. The molecule has 0 unspecified atom stereocenters. The van der Waals surface area contributed by atoms with Gasteiger partial charge in [-0.2, -0.15) is 0 Å². The predicted molar refractivity (Wildman–Crippen MR) is 101 cm³/mol. The normalized spacial score (nSPS) is 16.1. The van der Waals surface area contributed by atoms with E-state index in [4.69, 9.17) is 4.74 Å². The van der Waals surface area contributed by atoms with Gasteiger partial charge in [0.15, 0.2) is 0 Å². The Morgan fingerprint density at radius 3 is 2.76 bits per heavy atom. The van der Waals surface area contributed by atoms with Crippen LogP contribution in [0.4, 0.5) is 4.39 Å². The highest BCUT2D eigenvalue weighted by Crippen LogP contribution is 2.24. The lowest BCUT2D eigenvalue weighted by atomic mass is 10.1. The third kappa shape index (κ3) is 4.40. The number of amides is 1. The van der Waals surface area contributed by atoms with Crippen molar-refractivity contribution < 1.29 is 19.0 Å². The van der Waals surface area contributed by atoms with Crippen LogP contribution in [0.3, 0.4) is 0 Å². The first-order chi connectivity index (χ1) is 14.1. The topological polar surface area (TPSA) is 93.4 Å². The van der Waals surface area contributed by atoms with Crippen molar-refractivity contribution in [3.8, 4) is 11.4 Å². The lowest BCUT2D eigenvalue weighted by molar-refractivity contribution is 0.0505. The van der Waals surface area contributed by atoms with Crippen LogP contribution in [-0.4, -0.2) is 55.4 Å². The standard InChI is InChI=1S/C20H20FN5O3/c21-15-5-3-14(4-6-15)11-25(12-17-2-1-9-29-17)20(28)18-8-7-16(10-19(18)27)26-13-22-23-24-26/h3-8,10,13,17,27H,1-2,9,11-12H2/t17-/m1/s1. The fraction of sp³-hybridized carbons (Fsp3) is 0.300. The highest BCUT2D eigenvalue weighted by atomic mass is 19.1. The Kier molecular flexibility index (Phi) is 5.48. The molecule has 0 radical (unpaired) electrons. The van der Waals surface area contributed by atoms with Crippen LogP contribution in [-0.2, 0) is 11.3 Å². The minimum atomic E-state index is -0.332. The molecule has 4 rings (SSSR count). The largest absolute Gasteiger partial charge is 0.507 e. The molecule has 0 aliphatic carbocycles. The molecule has 1 N–H and O–H groups in total. The Labute approximate surface area is 166 Å². The van der Waals surface area contributed by atoms with Gasteiger partial charge in [0.05, 0.1) is 17.4 Å². The molecule has 1 aliphatic heterocycles. The summed E-state index contributed by atoms with van der Waals surface area (Å²) >= 11 is 0. The van der Waals surface area contributed by atoms with Crippen LogP contribution in [0, 0.1) is 5.82 Å². The highest BCUT2D eigenvalue weighted by Gasteiger charge is 2.25. The lowest BCUT2D eigenvalue weighted by Crippen LogP contribution is -2.37. The van der Waals surface area contributed by atoms with Gasteiger partial charge in [0.1, 0.15) is 17.9 Å². The van der Waals surface area contributed by atoms with Crippen molar-refractivity contribution in [2.45, 2.75) is 25.5 Å². The van der Waals surface area contributed by atoms with Crippen molar-refractivity contribution >= 4 is 5.91 Å². The molecule has 1 amide bonds. The number of carbonyl (C=O) groups excluding carboxylic acids is 1. The quantitative estimate of drug-likeness (QED) is 0.686. The maximum absolute atomic E-state index is 13.2. The number of aromatic nitrogens is 4. The van der Waals surface area contributed by atoms with Crippen LogP contribution in [0.1, 0.15) is 28.8 Å². The van der Waals surface area contributed by atoms with Gasteiger partial charge in [-0.15, -0.1) is 5.10 Å². The number of rotatable bonds is 6. The molecule has 1 fully saturated rings. The summed E-state index contributed by atoms with van der Waals surface area (Å²) in [5.74, 6) is -0.827. The average Bonchev–Trinajstić information content (AvgIpc) is 3.43. The smallest absolute Gasteiger partial charge is 0.258 e. The molecule has 2 heterocycles. The maximum Gasteiger partial charge on any atom is 0.258 e. The Hall–Kier alpha value is -3.33. The predicted octanol–water partition coefficient (Wildman–Crippen LogP) is 2.33. The molecule has 0 saturated carbocycles. The van der Waals surface area contributed by atoms with Gasteiger partial charge in [-0.25, -0.2) is 9.07 Å².